The summed E-state index contributed by atoms with van der Waals surface area (Å²) in [6, 6.07) is 0.287. The van der Waals surface area contributed by atoms with Gasteiger partial charge in [0.05, 0.1) is 6.61 Å². The van der Waals surface area contributed by atoms with E-state index in [9.17, 15) is 0 Å². The fourth-order valence-corrected chi connectivity index (χ4v) is 2.23. The number of hydrogen-bond acceptors (Lipinski definition) is 6. The van der Waals surface area contributed by atoms with Crippen molar-refractivity contribution in [3.8, 4) is 6.01 Å². The first-order chi connectivity index (χ1) is 10.1. The van der Waals surface area contributed by atoms with Crippen molar-refractivity contribution in [2.24, 2.45) is 0 Å². The van der Waals surface area contributed by atoms with Gasteiger partial charge in [-0.25, -0.2) is 0 Å². The highest BCUT2D eigenvalue weighted by Gasteiger charge is 2.12. The highest BCUT2D eigenvalue weighted by atomic mass is 35.5. The van der Waals surface area contributed by atoms with Gasteiger partial charge >= 0.3 is 6.01 Å². The van der Waals surface area contributed by atoms with Crippen molar-refractivity contribution >= 4 is 17.5 Å². The summed E-state index contributed by atoms with van der Waals surface area (Å²) in [5, 5.41) is 0.172. The molecule has 0 spiro atoms. The van der Waals surface area contributed by atoms with Crippen LogP contribution in [0.4, 0.5) is 5.95 Å². The number of ether oxygens (including phenoxy) is 1. The van der Waals surface area contributed by atoms with Crippen LogP contribution in [-0.2, 0) is 0 Å². The molecule has 0 unspecified atom stereocenters. The third-order valence-corrected chi connectivity index (χ3v) is 3.48. The maximum absolute atomic E-state index is 5.94. The highest BCUT2D eigenvalue weighted by molar-refractivity contribution is 6.28. The minimum absolute atomic E-state index is 0.172. The molecule has 6 nitrogen and oxygen atoms in total. The van der Waals surface area contributed by atoms with Gasteiger partial charge in [-0.1, -0.05) is 13.8 Å². The number of nitrogens with zero attached hydrogens (tertiary/aromatic N) is 5. The lowest BCUT2D eigenvalue weighted by molar-refractivity contribution is 0.300. The van der Waals surface area contributed by atoms with Crippen molar-refractivity contribution in [3.63, 3.8) is 0 Å². The summed E-state index contributed by atoms with van der Waals surface area (Å²) in [6.07, 6.45) is 1.06. The van der Waals surface area contributed by atoms with Crippen LogP contribution >= 0.6 is 11.6 Å². The summed E-state index contributed by atoms with van der Waals surface area (Å²) >= 11 is 5.94. The average molecular weight is 316 g/mol. The van der Waals surface area contributed by atoms with Crippen LogP contribution in [0.1, 0.15) is 34.1 Å². The summed E-state index contributed by atoms with van der Waals surface area (Å²) in [6.45, 7) is 13.8. The van der Waals surface area contributed by atoms with Crippen LogP contribution in [-0.4, -0.2) is 59.2 Å². The molecule has 7 heteroatoms. The molecule has 0 atom stereocenters. The van der Waals surface area contributed by atoms with Gasteiger partial charge in [0.1, 0.15) is 0 Å². The Labute approximate surface area is 132 Å². The Kier molecular flexibility index (Phi) is 8.30. The first-order valence-electron chi connectivity index (χ1n) is 7.66. The molecule has 0 fully saturated rings. The zero-order valence-electron chi connectivity index (χ0n) is 13.5. The zero-order valence-corrected chi connectivity index (χ0v) is 14.2. The fourth-order valence-electron chi connectivity index (χ4n) is 2.08. The molecule has 0 bridgehead atoms. The van der Waals surface area contributed by atoms with E-state index in [-0.39, 0.29) is 11.3 Å². The van der Waals surface area contributed by atoms with E-state index in [1.165, 1.54) is 0 Å². The Hall–Kier alpha value is -1.14. The summed E-state index contributed by atoms with van der Waals surface area (Å²) < 4.78 is 5.32. The van der Waals surface area contributed by atoms with Crippen LogP contribution < -0.4 is 9.64 Å². The highest BCUT2D eigenvalue weighted by Crippen LogP contribution is 2.15. The number of hydrogen-bond donors (Lipinski definition) is 0. The molecule has 0 aliphatic heterocycles. The van der Waals surface area contributed by atoms with Crippen LogP contribution in [0.5, 0.6) is 6.01 Å². The predicted molar refractivity (Wildman–Crippen MR) is 86.3 cm³/mol. The lowest BCUT2D eigenvalue weighted by atomic mass is 10.3. The Morgan fingerprint density at radius 3 is 2.24 bits per heavy atom. The standard InChI is InChI=1S/C14H26ClN5O/c1-5-19(6-2)10-9-11-20(7-3)13-16-12(15)17-14(18-13)21-8-4/h5-11H2,1-4H3. The van der Waals surface area contributed by atoms with Crippen molar-refractivity contribution in [1.29, 1.82) is 0 Å². The van der Waals surface area contributed by atoms with Gasteiger partial charge in [0.2, 0.25) is 11.2 Å². The van der Waals surface area contributed by atoms with Gasteiger partial charge in [-0.2, -0.15) is 15.0 Å². The fraction of sp³-hybridized carbons (Fsp3) is 0.786. The molecule has 120 valence electrons. The minimum atomic E-state index is 0.172. The summed E-state index contributed by atoms with van der Waals surface area (Å²) in [5.41, 5.74) is 0. The molecule has 0 aliphatic carbocycles. The van der Waals surface area contributed by atoms with E-state index >= 15 is 0 Å². The Morgan fingerprint density at radius 2 is 1.67 bits per heavy atom. The molecule has 0 radical (unpaired) electrons. The van der Waals surface area contributed by atoms with E-state index in [1.54, 1.807) is 0 Å². The van der Waals surface area contributed by atoms with E-state index in [0.29, 0.717) is 12.6 Å². The summed E-state index contributed by atoms with van der Waals surface area (Å²) in [4.78, 5) is 17.0. The number of rotatable bonds is 10. The molecule has 0 amide bonds. The van der Waals surface area contributed by atoms with Crippen molar-refractivity contribution in [2.75, 3.05) is 44.2 Å². The largest absolute Gasteiger partial charge is 0.464 e. The monoisotopic (exact) mass is 315 g/mol. The van der Waals surface area contributed by atoms with E-state index in [1.807, 2.05) is 6.92 Å². The van der Waals surface area contributed by atoms with Gasteiger partial charge in [-0.3, -0.25) is 0 Å². The molecule has 0 aliphatic rings. The first kappa shape index (κ1) is 17.9. The summed E-state index contributed by atoms with van der Waals surface area (Å²) in [5.74, 6) is 0.584. The van der Waals surface area contributed by atoms with E-state index < -0.39 is 0 Å². The van der Waals surface area contributed by atoms with E-state index in [2.05, 4.69) is 45.5 Å². The molecular weight excluding hydrogens is 290 g/mol. The second-order valence-electron chi connectivity index (χ2n) is 4.58. The smallest absolute Gasteiger partial charge is 0.322 e. The second kappa shape index (κ2) is 9.73. The van der Waals surface area contributed by atoms with Gasteiger partial charge < -0.3 is 14.5 Å². The lowest BCUT2D eigenvalue weighted by Gasteiger charge is -2.23. The Bertz CT molecular complexity index is 414. The van der Waals surface area contributed by atoms with Crippen LogP contribution in [0, 0.1) is 0 Å². The number of aromatic nitrogens is 3. The normalized spacial score (nSPS) is 11.0. The number of halogens is 1. The molecule has 0 saturated carbocycles. The van der Waals surface area contributed by atoms with Crippen molar-refractivity contribution in [3.05, 3.63) is 5.28 Å². The molecule has 1 rings (SSSR count). The van der Waals surface area contributed by atoms with Crippen LogP contribution in [0.3, 0.4) is 0 Å². The second-order valence-corrected chi connectivity index (χ2v) is 4.92. The van der Waals surface area contributed by atoms with Crippen LogP contribution in [0.15, 0.2) is 0 Å². The average Bonchev–Trinajstić information content (AvgIpc) is 2.47. The van der Waals surface area contributed by atoms with E-state index in [4.69, 9.17) is 16.3 Å². The lowest BCUT2D eigenvalue weighted by Crippen LogP contribution is -2.31. The quantitative estimate of drug-likeness (QED) is 0.661. The predicted octanol–water partition coefficient (Wildman–Crippen LogP) is 2.48. The van der Waals surface area contributed by atoms with E-state index in [0.717, 1.165) is 39.1 Å². The molecule has 0 saturated heterocycles. The minimum Gasteiger partial charge on any atom is -0.464 e. The molecular formula is C14H26ClN5O. The maximum Gasteiger partial charge on any atom is 0.322 e. The maximum atomic E-state index is 5.94. The number of anilines is 1. The topological polar surface area (TPSA) is 54.4 Å². The van der Waals surface area contributed by atoms with Crippen molar-refractivity contribution < 1.29 is 4.74 Å². The van der Waals surface area contributed by atoms with Gasteiger partial charge in [-0.05, 0) is 51.5 Å². The molecule has 21 heavy (non-hydrogen) atoms. The van der Waals surface area contributed by atoms with Gasteiger partial charge in [0.15, 0.2) is 0 Å². The molecule has 0 aromatic carbocycles. The summed E-state index contributed by atoms with van der Waals surface area (Å²) in [7, 11) is 0. The van der Waals surface area contributed by atoms with Gasteiger partial charge in [0, 0.05) is 13.1 Å². The van der Waals surface area contributed by atoms with Gasteiger partial charge in [-0.15, -0.1) is 0 Å². The SMILES string of the molecule is CCOc1nc(Cl)nc(N(CC)CCCN(CC)CC)n1. The van der Waals surface area contributed by atoms with Crippen molar-refractivity contribution in [1.82, 2.24) is 19.9 Å². The Morgan fingerprint density at radius 1 is 0.952 bits per heavy atom. The van der Waals surface area contributed by atoms with Crippen LogP contribution in [0.25, 0.3) is 0 Å². The zero-order chi connectivity index (χ0) is 15.7. The first-order valence-corrected chi connectivity index (χ1v) is 8.03. The van der Waals surface area contributed by atoms with Crippen LogP contribution in [0.2, 0.25) is 5.28 Å². The molecule has 1 heterocycles. The molecule has 1 aromatic heterocycles. The molecule has 1 aromatic rings. The van der Waals surface area contributed by atoms with Gasteiger partial charge in [0.25, 0.3) is 0 Å². The third-order valence-electron chi connectivity index (χ3n) is 3.31. The molecule has 0 N–H and O–H groups in total. The Balaban J connectivity index is 2.66. The van der Waals surface area contributed by atoms with Crippen molar-refractivity contribution in [2.45, 2.75) is 34.1 Å². The third kappa shape index (κ3) is 6.01.